The monoisotopic (exact) mass is 482 g/mol. The molecule has 0 saturated carbocycles. The average molecular weight is 482 g/mol. The van der Waals surface area contributed by atoms with E-state index in [1.807, 2.05) is 6.07 Å². The molecule has 1 fully saturated rings. The molecule has 9 heteroatoms. The Balaban J connectivity index is 1.21. The van der Waals surface area contributed by atoms with Gasteiger partial charge in [-0.05, 0) is 24.3 Å². The topological polar surface area (TPSA) is 59.5 Å². The fraction of sp³-hybridized carbons (Fsp3) is 0.160. The van der Waals surface area contributed by atoms with E-state index in [9.17, 15) is 22.8 Å². The summed E-state index contributed by atoms with van der Waals surface area (Å²) in [4.78, 5) is 30.8. The summed E-state index contributed by atoms with van der Waals surface area (Å²) in [6, 6.07) is 19.2. The number of hydrogen-bond acceptors (Lipinski definition) is 5. The SMILES string of the molecule is O=C(c1ccccc1)c1ccc(C(=O)N2CC(Oc3nc4c(C(F)(F)F)cccc4s3)C2)cc1. The van der Waals surface area contributed by atoms with Crippen LogP contribution in [0.15, 0.2) is 72.8 Å². The third kappa shape index (κ3) is 4.26. The molecule has 0 aliphatic carbocycles. The molecule has 0 radical (unpaired) electrons. The number of amides is 1. The van der Waals surface area contributed by atoms with Gasteiger partial charge in [0.25, 0.3) is 11.1 Å². The Morgan fingerprint density at radius 2 is 1.53 bits per heavy atom. The fourth-order valence-electron chi connectivity index (χ4n) is 3.73. The molecule has 0 N–H and O–H groups in total. The molecule has 1 aromatic heterocycles. The van der Waals surface area contributed by atoms with Crippen molar-refractivity contribution in [2.24, 2.45) is 0 Å². The number of rotatable bonds is 5. The van der Waals surface area contributed by atoms with Crippen molar-refractivity contribution in [1.29, 1.82) is 0 Å². The summed E-state index contributed by atoms with van der Waals surface area (Å²) >= 11 is 1.04. The lowest BCUT2D eigenvalue weighted by Gasteiger charge is -2.38. The average Bonchev–Trinajstić information content (AvgIpc) is 3.23. The summed E-state index contributed by atoms with van der Waals surface area (Å²) < 4.78 is 45.7. The molecule has 34 heavy (non-hydrogen) atoms. The molecule has 1 amide bonds. The van der Waals surface area contributed by atoms with Gasteiger partial charge in [0, 0.05) is 16.7 Å². The van der Waals surface area contributed by atoms with Crippen molar-refractivity contribution in [2.75, 3.05) is 13.1 Å². The van der Waals surface area contributed by atoms with Gasteiger partial charge < -0.3 is 9.64 Å². The Bertz CT molecular complexity index is 1360. The Morgan fingerprint density at radius 1 is 0.882 bits per heavy atom. The lowest BCUT2D eigenvalue weighted by atomic mass is 10.0. The van der Waals surface area contributed by atoms with Crippen molar-refractivity contribution >= 4 is 33.2 Å². The number of benzene rings is 3. The first-order chi connectivity index (χ1) is 16.3. The first kappa shape index (κ1) is 22.1. The van der Waals surface area contributed by atoms with Gasteiger partial charge in [-0.25, -0.2) is 4.98 Å². The number of nitrogens with zero attached hydrogens (tertiary/aromatic N) is 2. The molecule has 3 aromatic carbocycles. The second kappa shape index (κ2) is 8.57. The summed E-state index contributed by atoms with van der Waals surface area (Å²) in [5.41, 5.74) is 0.573. The number of likely N-dealkylation sites (tertiary alicyclic amines) is 1. The number of ether oxygens (including phenoxy) is 1. The normalized spacial score (nSPS) is 14.1. The summed E-state index contributed by atoms with van der Waals surface area (Å²) in [6.07, 6.45) is -4.84. The Morgan fingerprint density at radius 3 is 2.21 bits per heavy atom. The van der Waals surface area contributed by atoms with E-state index in [2.05, 4.69) is 4.98 Å². The predicted octanol–water partition coefficient (Wildman–Crippen LogP) is 5.45. The van der Waals surface area contributed by atoms with E-state index >= 15 is 0 Å². The number of carbonyl (C=O) groups excluding carboxylic acids is 2. The zero-order valence-electron chi connectivity index (χ0n) is 17.6. The molecule has 5 nitrogen and oxygen atoms in total. The van der Waals surface area contributed by atoms with Crippen LogP contribution >= 0.6 is 11.3 Å². The minimum absolute atomic E-state index is 0.124. The van der Waals surface area contributed by atoms with Gasteiger partial charge >= 0.3 is 6.18 Å². The van der Waals surface area contributed by atoms with Gasteiger partial charge in [0.1, 0.15) is 6.10 Å². The Kier molecular flexibility index (Phi) is 5.57. The molecular formula is C25H17F3N2O3S. The quantitative estimate of drug-likeness (QED) is 0.355. The first-order valence-corrected chi connectivity index (χ1v) is 11.2. The molecule has 1 saturated heterocycles. The highest BCUT2D eigenvalue weighted by atomic mass is 32.1. The molecule has 0 bridgehead atoms. The van der Waals surface area contributed by atoms with Crippen LogP contribution in [0.25, 0.3) is 10.2 Å². The molecule has 0 atom stereocenters. The van der Waals surface area contributed by atoms with Gasteiger partial charge in [0.05, 0.1) is 28.9 Å². The number of hydrogen-bond donors (Lipinski definition) is 0. The van der Waals surface area contributed by atoms with Crippen molar-refractivity contribution in [3.63, 3.8) is 0 Å². The zero-order chi connectivity index (χ0) is 23.9. The second-order valence-electron chi connectivity index (χ2n) is 7.85. The predicted molar refractivity (Wildman–Crippen MR) is 121 cm³/mol. The Labute approximate surface area is 196 Å². The van der Waals surface area contributed by atoms with Crippen LogP contribution < -0.4 is 4.74 Å². The molecule has 1 aliphatic rings. The van der Waals surface area contributed by atoms with Crippen LogP contribution in [0, 0.1) is 0 Å². The summed E-state index contributed by atoms with van der Waals surface area (Å²) in [7, 11) is 0. The summed E-state index contributed by atoms with van der Waals surface area (Å²) in [5.74, 6) is -0.330. The van der Waals surface area contributed by atoms with Crippen LogP contribution in [-0.2, 0) is 6.18 Å². The van der Waals surface area contributed by atoms with E-state index in [0.717, 1.165) is 17.4 Å². The second-order valence-corrected chi connectivity index (χ2v) is 8.85. The van der Waals surface area contributed by atoms with Gasteiger partial charge in [0.15, 0.2) is 5.78 Å². The van der Waals surface area contributed by atoms with Crippen molar-refractivity contribution in [1.82, 2.24) is 9.88 Å². The van der Waals surface area contributed by atoms with Crippen LogP contribution in [0.4, 0.5) is 13.2 Å². The largest absolute Gasteiger partial charge is 0.463 e. The number of aromatic nitrogens is 1. The number of carbonyl (C=O) groups is 2. The van der Waals surface area contributed by atoms with E-state index in [1.165, 1.54) is 6.07 Å². The van der Waals surface area contributed by atoms with E-state index in [0.29, 0.717) is 34.5 Å². The van der Waals surface area contributed by atoms with Crippen LogP contribution in [0.3, 0.4) is 0 Å². The highest BCUT2D eigenvalue weighted by Crippen LogP contribution is 2.38. The number of ketones is 1. The van der Waals surface area contributed by atoms with Gasteiger partial charge in [-0.1, -0.05) is 59.9 Å². The molecule has 172 valence electrons. The molecule has 5 rings (SSSR count). The number of fused-ring (bicyclic) bond motifs is 1. The molecule has 0 unspecified atom stereocenters. The van der Waals surface area contributed by atoms with E-state index in [1.54, 1.807) is 59.5 Å². The maximum Gasteiger partial charge on any atom is 0.418 e. The lowest BCUT2D eigenvalue weighted by Crippen LogP contribution is -2.56. The minimum atomic E-state index is -4.49. The van der Waals surface area contributed by atoms with Crippen molar-refractivity contribution < 1.29 is 27.5 Å². The third-order valence-corrected chi connectivity index (χ3v) is 6.45. The van der Waals surface area contributed by atoms with Gasteiger partial charge in [-0.15, -0.1) is 0 Å². The number of halogens is 3. The highest BCUT2D eigenvalue weighted by Gasteiger charge is 2.36. The number of para-hydroxylation sites is 1. The Hall–Kier alpha value is -3.72. The number of alkyl halides is 3. The third-order valence-electron chi connectivity index (χ3n) is 5.54. The summed E-state index contributed by atoms with van der Waals surface area (Å²) in [5, 5.41) is 0.146. The first-order valence-electron chi connectivity index (χ1n) is 10.4. The van der Waals surface area contributed by atoms with Crippen molar-refractivity contribution in [3.05, 3.63) is 95.1 Å². The van der Waals surface area contributed by atoms with E-state index in [4.69, 9.17) is 4.74 Å². The molecular weight excluding hydrogens is 465 g/mol. The minimum Gasteiger partial charge on any atom is -0.463 e. The zero-order valence-corrected chi connectivity index (χ0v) is 18.4. The van der Waals surface area contributed by atoms with Gasteiger partial charge in [-0.2, -0.15) is 13.2 Å². The molecule has 0 spiro atoms. The maximum atomic E-state index is 13.2. The van der Waals surface area contributed by atoms with Crippen molar-refractivity contribution in [3.8, 4) is 5.19 Å². The van der Waals surface area contributed by atoms with E-state index in [-0.39, 0.29) is 28.5 Å². The van der Waals surface area contributed by atoms with Gasteiger partial charge in [0.2, 0.25) is 0 Å². The van der Waals surface area contributed by atoms with E-state index < -0.39 is 11.7 Å². The standard InChI is InChI=1S/C25H17F3N2O3S/c26-25(27,28)19-7-4-8-20-21(19)29-24(34-20)33-18-13-30(14-18)23(32)17-11-9-16(10-12-17)22(31)15-5-2-1-3-6-15/h1-12,18H,13-14H2. The van der Waals surface area contributed by atoms with Gasteiger partial charge in [-0.3, -0.25) is 9.59 Å². The summed E-state index contributed by atoms with van der Waals surface area (Å²) in [6.45, 7) is 0.594. The van der Waals surface area contributed by atoms with Crippen molar-refractivity contribution in [2.45, 2.75) is 12.3 Å². The van der Waals surface area contributed by atoms with Crippen LogP contribution in [0.5, 0.6) is 5.19 Å². The van der Waals surface area contributed by atoms with Crippen LogP contribution in [0.1, 0.15) is 31.8 Å². The number of thiazole rings is 1. The lowest BCUT2D eigenvalue weighted by molar-refractivity contribution is -0.136. The molecule has 1 aliphatic heterocycles. The maximum absolute atomic E-state index is 13.2. The van der Waals surface area contributed by atoms with Crippen LogP contribution in [-0.4, -0.2) is 40.8 Å². The smallest absolute Gasteiger partial charge is 0.418 e. The molecule has 4 aromatic rings. The molecule has 2 heterocycles. The fourth-order valence-corrected chi connectivity index (χ4v) is 4.64. The highest BCUT2D eigenvalue weighted by molar-refractivity contribution is 7.20. The van der Waals surface area contributed by atoms with Crippen LogP contribution in [0.2, 0.25) is 0 Å².